The van der Waals surface area contributed by atoms with Crippen LogP contribution in [0.4, 0.5) is 0 Å². The van der Waals surface area contributed by atoms with Gasteiger partial charge in [-0.25, -0.2) is 14.3 Å². The number of aryl methyl sites for hydroxylation is 1. The molecule has 3 aromatic rings. The van der Waals surface area contributed by atoms with Crippen molar-refractivity contribution in [1.82, 2.24) is 35.0 Å². The lowest BCUT2D eigenvalue weighted by Crippen LogP contribution is -2.14. The Morgan fingerprint density at radius 3 is 2.67 bits per heavy atom. The van der Waals surface area contributed by atoms with Crippen LogP contribution >= 0.6 is 0 Å². The van der Waals surface area contributed by atoms with Crippen molar-refractivity contribution in [3.05, 3.63) is 47.8 Å². The number of hydrogen-bond donors (Lipinski definition) is 0. The van der Waals surface area contributed by atoms with Gasteiger partial charge in [-0.3, -0.25) is 0 Å². The zero-order valence-corrected chi connectivity index (χ0v) is 13.4. The number of nitrogens with zero attached hydrogens (tertiary/aromatic N) is 7. The summed E-state index contributed by atoms with van der Waals surface area (Å²) in [7, 11) is 0. The Labute approximate surface area is 139 Å². The van der Waals surface area contributed by atoms with Gasteiger partial charge in [0, 0.05) is 12.5 Å². The molecule has 2 aliphatic rings. The van der Waals surface area contributed by atoms with Gasteiger partial charge < -0.3 is 0 Å². The van der Waals surface area contributed by atoms with E-state index in [0.29, 0.717) is 5.92 Å². The lowest BCUT2D eigenvalue weighted by atomic mass is 10.0. The molecule has 0 bridgehead atoms. The summed E-state index contributed by atoms with van der Waals surface area (Å²) in [4.78, 5) is 4.94. The van der Waals surface area contributed by atoms with E-state index in [9.17, 15) is 0 Å². The maximum absolute atomic E-state index is 4.94. The molecule has 1 fully saturated rings. The first-order chi connectivity index (χ1) is 11.9. The Hall–Kier alpha value is -2.57. The van der Waals surface area contributed by atoms with Crippen LogP contribution in [0, 0.1) is 0 Å². The number of aromatic nitrogens is 7. The Balaban J connectivity index is 1.65. The molecule has 1 aliphatic heterocycles. The molecule has 0 saturated heterocycles. The SMILES string of the molecule is c1ccc(-n2nc(C3CC3)nc2C2CCCCn3nnnc32)cc1. The number of rotatable bonds is 3. The summed E-state index contributed by atoms with van der Waals surface area (Å²) >= 11 is 0. The van der Waals surface area contributed by atoms with E-state index in [4.69, 9.17) is 10.1 Å². The quantitative estimate of drug-likeness (QED) is 0.741. The van der Waals surface area contributed by atoms with Gasteiger partial charge in [0.2, 0.25) is 0 Å². The highest BCUT2D eigenvalue weighted by Crippen LogP contribution is 2.40. The average Bonchev–Trinajstić information content (AvgIpc) is 3.28. The molecule has 0 N–H and O–H groups in total. The van der Waals surface area contributed by atoms with Gasteiger partial charge in [0.05, 0.1) is 11.6 Å². The fraction of sp³-hybridized carbons (Fsp3) is 0.471. The zero-order chi connectivity index (χ0) is 15.9. The third kappa shape index (κ3) is 2.31. The van der Waals surface area contributed by atoms with E-state index in [1.807, 2.05) is 27.6 Å². The fourth-order valence-electron chi connectivity index (χ4n) is 3.44. The van der Waals surface area contributed by atoms with Gasteiger partial charge >= 0.3 is 0 Å². The van der Waals surface area contributed by atoms with E-state index in [1.165, 1.54) is 12.8 Å². The van der Waals surface area contributed by atoms with Crippen molar-refractivity contribution in [2.75, 3.05) is 0 Å². The summed E-state index contributed by atoms with van der Waals surface area (Å²) < 4.78 is 3.93. The summed E-state index contributed by atoms with van der Waals surface area (Å²) in [5.74, 6) is 3.48. The predicted octanol–water partition coefficient (Wildman–Crippen LogP) is 2.45. The molecule has 0 amide bonds. The first-order valence-electron chi connectivity index (χ1n) is 8.68. The van der Waals surface area contributed by atoms with Crippen LogP contribution in [0.1, 0.15) is 61.4 Å². The van der Waals surface area contributed by atoms with Gasteiger partial charge in [-0.2, -0.15) is 5.10 Å². The van der Waals surface area contributed by atoms with Crippen LogP contribution in [0.3, 0.4) is 0 Å². The van der Waals surface area contributed by atoms with Gasteiger partial charge in [0.1, 0.15) is 5.82 Å². The van der Waals surface area contributed by atoms with E-state index in [2.05, 4.69) is 27.7 Å². The number of hydrogen-bond acceptors (Lipinski definition) is 5. The van der Waals surface area contributed by atoms with E-state index in [-0.39, 0.29) is 5.92 Å². The molecule has 1 aromatic carbocycles. The van der Waals surface area contributed by atoms with Gasteiger partial charge in [0.15, 0.2) is 11.6 Å². The maximum atomic E-state index is 4.94. The standard InChI is InChI=1S/C17H19N7/c1-2-6-13(7-3-1)24-16(18-15(20-24)12-9-10-12)14-8-4-5-11-23-17(14)19-21-22-23/h1-3,6-7,12,14H,4-5,8-11H2. The normalized spacial score (nSPS) is 20.6. The van der Waals surface area contributed by atoms with Gasteiger partial charge in [-0.15, -0.1) is 5.10 Å². The summed E-state index contributed by atoms with van der Waals surface area (Å²) in [6, 6.07) is 10.3. The van der Waals surface area contributed by atoms with Crippen molar-refractivity contribution >= 4 is 0 Å². The molecule has 24 heavy (non-hydrogen) atoms. The van der Waals surface area contributed by atoms with E-state index < -0.39 is 0 Å². The zero-order valence-electron chi connectivity index (χ0n) is 13.4. The van der Waals surface area contributed by atoms with Gasteiger partial charge in [-0.05, 0) is 48.2 Å². The lowest BCUT2D eigenvalue weighted by molar-refractivity contribution is 0.556. The minimum atomic E-state index is 0.0997. The fourth-order valence-corrected chi connectivity index (χ4v) is 3.44. The van der Waals surface area contributed by atoms with Crippen molar-refractivity contribution in [2.24, 2.45) is 0 Å². The number of fused-ring (bicyclic) bond motifs is 1. The average molecular weight is 321 g/mol. The molecule has 5 rings (SSSR count). The molecule has 1 saturated carbocycles. The molecular formula is C17H19N7. The Bertz CT molecular complexity index is 847. The van der Waals surface area contributed by atoms with Crippen LogP contribution in [-0.2, 0) is 6.54 Å². The summed E-state index contributed by atoms with van der Waals surface area (Å²) in [5, 5.41) is 17.2. The minimum absolute atomic E-state index is 0.0997. The number of tetrazole rings is 1. The molecule has 122 valence electrons. The number of benzene rings is 1. The van der Waals surface area contributed by atoms with Crippen LogP contribution in [-0.4, -0.2) is 35.0 Å². The number of para-hydroxylation sites is 1. The topological polar surface area (TPSA) is 74.3 Å². The van der Waals surface area contributed by atoms with E-state index in [0.717, 1.165) is 49.0 Å². The van der Waals surface area contributed by atoms with Crippen LogP contribution < -0.4 is 0 Å². The van der Waals surface area contributed by atoms with Gasteiger partial charge in [0.25, 0.3) is 0 Å². The minimum Gasteiger partial charge on any atom is -0.229 e. The molecule has 1 unspecified atom stereocenters. The third-order valence-electron chi connectivity index (χ3n) is 4.89. The first kappa shape index (κ1) is 13.8. The summed E-state index contributed by atoms with van der Waals surface area (Å²) in [5.41, 5.74) is 1.05. The van der Waals surface area contributed by atoms with Crippen molar-refractivity contribution in [1.29, 1.82) is 0 Å². The van der Waals surface area contributed by atoms with Crippen LogP contribution in [0.15, 0.2) is 30.3 Å². The maximum Gasteiger partial charge on any atom is 0.161 e. The van der Waals surface area contributed by atoms with E-state index >= 15 is 0 Å². The molecule has 7 nitrogen and oxygen atoms in total. The van der Waals surface area contributed by atoms with Gasteiger partial charge in [-0.1, -0.05) is 24.6 Å². The molecule has 7 heteroatoms. The summed E-state index contributed by atoms with van der Waals surface area (Å²) in [6.07, 6.45) is 5.64. The highest BCUT2D eigenvalue weighted by atomic mass is 15.5. The third-order valence-corrected chi connectivity index (χ3v) is 4.89. The van der Waals surface area contributed by atoms with Crippen molar-refractivity contribution in [3.8, 4) is 5.69 Å². The van der Waals surface area contributed by atoms with Crippen LogP contribution in [0.5, 0.6) is 0 Å². The Morgan fingerprint density at radius 2 is 1.83 bits per heavy atom. The smallest absolute Gasteiger partial charge is 0.161 e. The second kappa shape index (κ2) is 5.51. The van der Waals surface area contributed by atoms with Crippen molar-refractivity contribution < 1.29 is 0 Å². The lowest BCUT2D eigenvalue weighted by Gasteiger charge is -2.13. The Morgan fingerprint density at radius 1 is 0.958 bits per heavy atom. The predicted molar refractivity (Wildman–Crippen MR) is 86.8 cm³/mol. The molecule has 1 aliphatic carbocycles. The van der Waals surface area contributed by atoms with Crippen molar-refractivity contribution in [3.63, 3.8) is 0 Å². The second-order valence-corrected chi connectivity index (χ2v) is 6.66. The summed E-state index contributed by atoms with van der Waals surface area (Å²) in [6.45, 7) is 0.883. The molecule has 3 heterocycles. The molecular weight excluding hydrogens is 302 g/mol. The van der Waals surface area contributed by atoms with E-state index in [1.54, 1.807) is 0 Å². The van der Waals surface area contributed by atoms with Crippen molar-refractivity contribution in [2.45, 2.75) is 50.5 Å². The Kier molecular flexibility index (Phi) is 3.17. The highest BCUT2D eigenvalue weighted by Gasteiger charge is 2.33. The molecule has 2 aromatic heterocycles. The molecule has 0 spiro atoms. The van der Waals surface area contributed by atoms with Crippen LogP contribution in [0.2, 0.25) is 0 Å². The molecule has 0 radical (unpaired) electrons. The molecule has 1 atom stereocenters. The first-order valence-corrected chi connectivity index (χ1v) is 8.68. The largest absolute Gasteiger partial charge is 0.229 e. The monoisotopic (exact) mass is 321 g/mol. The van der Waals surface area contributed by atoms with Crippen LogP contribution in [0.25, 0.3) is 5.69 Å². The second-order valence-electron chi connectivity index (χ2n) is 6.66. The highest BCUT2D eigenvalue weighted by molar-refractivity contribution is 5.33.